The molecule has 0 aliphatic carbocycles. The quantitative estimate of drug-likeness (QED) is 0.787. The van der Waals surface area contributed by atoms with Crippen molar-refractivity contribution in [3.05, 3.63) is 51.8 Å². The van der Waals surface area contributed by atoms with Crippen LogP contribution in [0.3, 0.4) is 0 Å². The van der Waals surface area contributed by atoms with Crippen molar-refractivity contribution in [1.82, 2.24) is 20.0 Å². The highest BCUT2D eigenvalue weighted by Crippen LogP contribution is 2.20. The van der Waals surface area contributed by atoms with Gasteiger partial charge in [-0.1, -0.05) is 29.8 Å². The Labute approximate surface area is 161 Å². The summed E-state index contributed by atoms with van der Waals surface area (Å²) in [5.41, 5.74) is 2.29. The van der Waals surface area contributed by atoms with Gasteiger partial charge in [0.1, 0.15) is 5.56 Å². The van der Waals surface area contributed by atoms with Crippen molar-refractivity contribution in [2.75, 3.05) is 19.7 Å². The average molecular weight is 391 g/mol. The van der Waals surface area contributed by atoms with Gasteiger partial charge < -0.3 is 10.1 Å². The van der Waals surface area contributed by atoms with Crippen LogP contribution in [0.1, 0.15) is 27.3 Å². The Morgan fingerprint density at radius 3 is 2.70 bits per heavy atom. The molecule has 8 nitrogen and oxygen atoms in total. The standard InChI is InChI=1S/C18H19ClN4O4/c1-11-16(17(25)27-10-15(24)22-8-7-20-18(22)26)12(2)23(21-11)9-13-5-3-4-6-14(13)19/h3-6H,7-10H2,1-2H3,(H,20,26). The SMILES string of the molecule is Cc1nn(Cc2ccccc2Cl)c(C)c1C(=O)OCC(=O)N1CCNC1=O. The molecule has 1 aromatic carbocycles. The van der Waals surface area contributed by atoms with Crippen LogP contribution in [0.4, 0.5) is 4.79 Å². The van der Waals surface area contributed by atoms with Crippen LogP contribution in [0.15, 0.2) is 24.3 Å². The Kier molecular flexibility index (Phi) is 5.46. The van der Waals surface area contributed by atoms with Crippen molar-refractivity contribution in [2.24, 2.45) is 0 Å². The van der Waals surface area contributed by atoms with Crippen LogP contribution < -0.4 is 5.32 Å². The normalized spacial score (nSPS) is 13.6. The van der Waals surface area contributed by atoms with Crippen LogP contribution in [0.5, 0.6) is 0 Å². The summed E-state index contributed by atoms with van der Waals surface area (Å²) in [6.07, 6.45) is 0. The van der Waals surface area contributed by atoms with E-state index in [4.69, 9.17) is 16.3 Å². The summed E-state index contributed by atoms with van der Waals surface area (Å²) in [6.45, 7) is 4.02. The highest BCUT2D eigenvalue weighted by Gasteiger charge is 2.28. The maximum absolute atomic E-state index is 12.4. The van der Waals surface area contributed by atoms with Crippen molar-refractivity contribution in [3.8, 4) is 0 Å². The second-order valence-corrected chi connectivity index (χ2v) is 6.56. The van der Waals surface area contributed by atoms with E-state index in [2.05, 4.69) is 10.4 Å². The summed E-state index contributed by atoms with van der Waals surface area (Å²) < 4.78 is 6.78. The predicted octanol–water partition coefficient (Wildman–Crippen LogP) is 1.91. The van der Waals surface area contributed by atoms with Gasteiger partial charge in [0.05, 0.1) is 17.9 Å². The molecule has 0 bridgehead atoms. The molecule has 142 valence electrons. The lowest BCUT2D eigenvalue weighted by molar-refractivity contribution is -0.130. The second-order valence-electron chi connectivity index (χ2n) is 6.15. The maximum atomic E-state index is 12.4. The van der Waals surface area contributed by atoms with E-state index < -0.39 is 24.5 Å². The van der Waals surface area contributed by atoms with Gasteiger partial charge in [0.15, 0.2) is 6.61 Å². The van der Waals surface area contributed by atoms with Gasteiger partial charge in [-0.15, -0.1) is 0 Å². The number of hydrogen-bond donors (Lipinski definition) is 1. The maximum Gasteiger partial charge on any atom is 0.342 e. The lowest BCUT2D eigenvalue weighted by Gasteiger charge is -2.12. The molecule has 1 N–H and O–H groups in total. The van der Waals surface area contributed by atoms with Gasteiger partial charge >= 0.3 is 12.0 Å². The van der Waals surface area contributed by atoms with Gasteiger partial charge in [-0.25, -0.2) is 9.59 Å². The Balaban J connectivity index is 1.70. The molecule has 1 aliphatic heterocycles. The summed E-state index contributed by atoms with van der Waals surface area (Å²) in [5, 5.41) is 7.52. The number of urea groups is 1. The third-order valence-corrected chi connectivity index (χ3v) is 4.72. The molecule has 0 spiro atoms. The highest BCUT2D eigenvalue weighted by molar-refractivity contribution is 6.31. The number of amides is 3. The first-order valence-corrected chi connectivity index (χ1v) is 8.79. The Hall–Kier alpha value is -2.87. The number of rotatable bonds is 5. The first-order chi connectivity index (χ1) is 12.9. The van der Waals surface area contributed by atoms with Crippen molar-refractivity contribution in [2.45, 2.75) is 20.4 Å². The zero-order valence-corrected chi connectivity index (χ0v) is 15.7. The molecule has 2 aromatic rings. The minimum atomic E-state index is -0.650. The van der Waals surface area contributed by atoms with E-state index >= 15 is 0 Å². The molecule has 1 aromatic heterocycles. The van der Waals surface area contributed by atoms with E-state index in [0.717, 1.165) is 10.5 Å². The van der Waals surface area contributed by atoms with E-state index in [1.807, 2.05) is 18.2 Å². The smallest absolute Gasteiger partial charge is 0.342 e. The highest BCUT2D eigenvalue weighted by atomic mass is 35.5. The molecule has 1 fully saturated rings. The lowest BCUT2D eigenvalue weighted by Crippen LogP contribution is -2.37. The van der Waals surface area contributed by atoms with Gasteiger partial charge in [0, 0.05) is 18.1 Å². The molecule has 3 amide bonds. The number of hydrogen-bond acceptors (Lipinski definition) is 5. The number of esters is 1. The fourth-order valence-corrected chi connectivity index (χ4v) is 3.12. The summed E-state index contributed by atoms with van der Waals surface area (Å²) in [7, 11) is 0. The van der Waals surface area contributed by atoms with E-state index in [0.29, 0.717) is 35.1 Å². The van der Waals surface area contributed by atoms with Crippen molar-refractivity contribution < 1.29 is 19.1 Å². The van der Waals surface area contributed by atoms with Gasteiger partial charge in [0.25, 0.3) is 5.91 Å². The van der Waals surface area contributed by atoms with Crippen LogP contribution in [0.2, 0.25) is 5.02 Å². The number of carbonyl (C=O) groups excluding carboxylic acids is 3. The van der Waals surface area contributed by atoms with E-state index in [1.165, 1.54) is 0 Å². The van der Waals surface area contributed by atoms with Crippen LogP contribution in [-0.4, -0.2) is 52.3 Å². The van der Waals surface area contributed by atoms with Gasteiger partial charge in [0.2, 0.25) is 0 Å². The Morgan fingerprint density at radius 2 is 2.04 bits per heavy atom. The first kappa shape index (κ1) is 18.9. The molecule has 0 radical (unpaired) electrons. The predicted molar refractivity (Wildman–Crippen MR) is 97.6 cm³/mol. The molecule has 1 aliphatic rings. The molecule has 2 heterocycles. The Bertz CT molecular complexity index is 909. The van der Waals surface area contributed by atoms with Crippen LogP contribution in [-0.2, 0) is 16.1 Å². The number of benzene rings is 1. The fraction of sp³-hybridized carbons (Fsp3) is 0.333. The zero-order chi connectivity index (χ0) is 19.6. The summed E-state index contributed by atoms with van der Waals surface area (Å²) in [4.78, 5) is 36.9. The number of aromatic nitrogens is 2. The summed E-state index contributed by atoms with van der Waals surface area (Å²) in [6, 6.07) is 6.92. The van der Waals surface area contributed by atoms with Crippen molar-refractivity contribution in [3.63, 3.8) is 0 Å². The van der Waals surface area contributed by atoms with Crippen LogP contribution in [0.25, 0.3) is 0 Å². The van der Waals surface area contributed by atoms with Crippen LogP contribution >= 0.6 is 11.6 Å². The molecule has 0 atom stereocenters. The average Bonchev–Trinajstić information content (AvgIpc) is 3.18. The largest absolute Gasteiger partial charge is 0.452 e. The minimum Gasteiger partial charge on any atom is -0.452 e. The van der Waals surface area contributed by atoms with E-state index in [-0.39, 0.29) is 6.54 Å². The number of halogens is 1. The molecule has 3 rings (SSSR count). The van der Waals surface area contributed by atoms with Crippen LogP contribution in [0, 0.1) is 13.8 Å². The molecule has 0 saturated carbocycles. The number of nitrogens with zero attached hydrogens (tertiary/aromatic N) is 3. The molecule has 9 heteroatoms. The number of nitrogens with one attached hydrogen (secondary N) is 1. The van der Waals surface area contributed by atoms with E-state index in [9.17, 15) is 14.4 Å². The number of imide groups is 1. The fourth-order valence-electron chi connectivity index (χ4n) is 2.92. The first-order valence-electron chi connectivity index (χ1n) is 8.41. The molecule has 0 unspecified atom stereocenters. The summed E-state index contributed by atoms with van der Waals surface area (Å²) >= 11 is 6.19. The third kappa shape index (κ3) is 3.95. The lowest BCUT2D eigenvalue weighted by atomic mass is 10.2. The van der Waals surface area contributed by atoms with E-state index in [1.54, 1.807) is 24.6 Å². The molecular weight excluding hydrogens is 372 g/mol. The van der Waals surface area contributed by atoms with Gasteiger partial charge in [-0.05, 0) is 25.5 Å². The second kappa shape index (κ2) is 7.79. The van der Waals surface area contributed by atoms with Crippen molar-refractivity contribution in [1.29, 1.82) is 0 Å². The summed E-state index contributed by atoms with van der Waals surface area (Å²) in [5.74, 6) is -1.21. The Morgan fingerprint density at radius 1 is 1.30 bits per heavy atom. The monoisotopic (exact) mass is 390 g/mol. The zero-order valence-electron chi connectivity index (χ0n) is 15.0. The third-order valence-electron chi connectivity index (χ3n) is 4.35. The number of aryl methyl sites for hydroxylation is 1. The van der Waals surface area contributed by atoms with Gasteiger partial charge in [-0.2, -0.15) is 5.10 Å². The molecule has 1 saturated heterocycles. The molecule has 27 heavy (non-hydrogen) atoms. The topological polar surface area (TPSA) is 93.5 Å². The number of ether oxygens (including phenoxy) is 1. The molecular formula is C18H19ClN4O4. The minimum absolute atomic E-state index is 0.267. The van der Waals surface area contributed by atoms with Crippen molar-refractivity contribution >= 4 is 29.5 Å². The number of carbonyl (C=O) groups is 3. The van der Waals surface area contributed by atoms with Gasteiger partial charge in [-0.3, -0.25) is 14.4 Å².